The molecule has 0 saturated carbocycles. The minimum Gasteiger partial charge on any atom is -0.451 e. The molecule has 2 unspecified atom stereocenters. The predicted octanol–water partition coefficient (Wildman–Crippen LogP) is 0.549. The first-order valence-electron chi connectivity index (χ1n) is 3.96. The molecule has 0 aromatic carbocycles. The fraction of sp³-hybridized carbons (Fsp3) is 0.444. The number of aliphatic hydroxyl groups excluding tert-OH is 1. The lowest BCUT2D eigenvalue weighted by molar-refractivity contribution is -0.143. The molecule has 1 aliphatic carbocycles. The number of fused-ring (bicyclic) bond motifs is 1. The van der Waals surface area contributed by atoms with Crippen LogP contribution in [0, 0.1) is 0 Å². The van der Waals surface area contributed by atoms with E-state index in [1.54, 1.807) is 6.92 Å². The van der Waals surface area contributed by atoms with Crippen molar-refractivity contribution in [2.24, 2.45) is 0 Å². The number of hydrogen-bond donors (Lipinski definition) is 1. The topological polar surface area (TPSA) is 46.5 Å². The highest BCUT2D eigenvalue weighted by molar-refractivity contribution is 5.92. The van der Waals surface area contributed by atoms with Crippen molar-refractivity contribution in [3.05, 3.63) is 23.3 Å². The van der Waals surface area contributed by atoms with Crippen molar-refractivity contribution in [2.45, 2.75) is 25.6 Å². The summed E-state index contributed by atoms with van der Waals surface area (Å²) in [4.78, 5) is 11.1. The maximum Gasteiger partial charge on any atom is 0.334 e. The fourth-order valence-corrected chi connectivity index (χ4v) is 1.56. The summed E-state index contributed by atoms with van der Waals surface area (Å²) >= 11 is 0. The van der Waals surface area contributed by atoms with Crippen LogP contribution >= 0.6 is 0 Å². The van der Waals surface area contributed by atoms with Gasteiger partial charge in [0.25, 0.3) is 0 Å². The third kappa shape index (κ3) is 0.898. The van der Waals surface area contributed by atoms with Crippen LogP contribution in [0.25, 0.3) is 0 Å². The molecule has 3 heteroatoms. The largest absolute Gasteiger partial charge is 0.451 e. The van der Waals surface area contributed by atoms with Crippen LogP contribution in [0.5, 0.6) is 0 Å². The minimum absolute atomic E-state index is 0.305. The zero-order valence-corrected chi connectivity index (χ0v) is 6.78. The summed E-state index contributed by atoms with van der Waals surface area (Å²) in [6, 6.07) is 0. The molecule has 0 spiro atoms. The number of esters is 1. The molecule has 1 N–H and O–H groups in total. The van der Waals surface area contributed by atoms with Crippen LogP contribution in [0.1, 0.15) is 13.3 Å². The Kier molecular flexibility index (Phi) is 1.54. The third-order valence-corrected chi connectivity index (χ3v) is 2.30. The minimum atomic E-state index is -0.564. The molecular formula is C9H10O3. The number of rotatable bonds is 0. The average Bonchev–Trinajstić information content (AvgIpc) is 2.32. The zero-order valence-electron chi connectivity index (χ0n) is 6.78. The molecule has 0 bridgehead atoms. The van der Waals surface area contributed by atoms with Crippen molar-refractivity contribution in [1.29, 1.82) is 0 Å². The average molecular weight is 166 g/mol. The first-order chi connectivity index (χ1) is 5.70. The lowest BCUT2D eigenvalue weighted by atomic mass is 9.95. The van der Waals surface area contributed by atoms with Crippen molar-refractivity contribution >= 4 is 5.97 Å². The Morgan fingerprint density at radius 2 is 2.42 bits per heavy atom. The van der Waals surface area contributed by atoms with Gasteiger partial charge in [-0.3, -0.25) is 0 Å². The van der Waals surface area contributed by atoms with Gasteiger partial charge in [-0.05, 0) is 13.3 Å². The first-order valence-corrected chi connectivity index (χ1v) is 3.96. The van der Waals surface area contributed by atoms with Gasteiger partial charge in [-0.15, -0.1) is 0 Å². The molecule has 0 saturated heterocycles. The summed E-state index contributed by atoms with van der Waals surface area (Å²) in [5.74, 6) is -0.305. The molecule has 2 rings (SSSR count). The van der Waals surface area contributed by atoms with Gasteiger partial charge in [-0.25, -0.2) is 4.79 Å². The molecule has 2 aliphatic rings. The van der Waals surface area contributed by atoms with E-state index in [0.29, 0.717) is 12.0 Å². The van der Waals surface area contributed by atoms with Crippen molar-refractivity contribution in [1.82, 2.24) is 0 Å². The van der Waals surface area contributed by atoms with E-state index >= 15 is 0 Å². The molecule has 0 amide bonds. The first kappa shape index (κ1) is 7.55. The van der Waals surface area contributed by atoms with E-state index in [9.17, 15) is 9.90 Å². The van der Waals surface area contributed by atoms with Gasteiger partial charge in [0.05, 0.1) is 6.10 Å². The highest BCUT2D eigenvalue weighted by atomic mass is 16.6. The Bertz CT molecular complexity index is 288. The van der Waals surface area contributed by atoms with Gasteiger partial charge < -0.3 is 9.84 Å². The van der Waals surface area contributed by atoms with Crippen LogP contribution in [-0.2, 0) is 9.53 Å². The zero-order chi connectivity index (χ0) is 8.72. The SMILES string of the molecule is CC1=C2C=CCC(O)C2OC1=O. The summed E-state index contributed by atoms with van der Waals surface area (Å²) in [5.41, 5.74) is 1.45. The van der Waals surface area contributed by atoms with Crippen molar-refractivity contribution in [3.8, 4) is 0 Å². The molecule has 0 aromatic heterocycles. The third-order valence-electron chi connectivity index (χ3n) is 2.30. The van der Waals surface area contributed by atoms with E-state index in [1.165, 1.54) is 0 Å². The maximum absolute atomic E-state index is 11.1. The second kappa shape index (κ2) is 2.45. The molecule has 12 heavy (non-hydrogen) atoms. The van der Waals surface area contributed by atoms with Gasteiger partial charge in [0.1, 0.15) is 0 Å². The smallest absolute Gasteiger partial charge is 0.334 e. The van der Waals surface area contributed by atoms with Gasteiger partial charge >= 0.3 is 5.97 Å². The van der Waals surface area contributed by atoms with Crippen LogP contribution in [0.4, 0.5) is 0 Å². The Hall–Kier alpha value is -1.09. The van der Waals surface area contributed by atoms with Gasteiger partial charge in [0.2, 0.25) is 0 Å². The van der Waals surface area contributed by atoms with Gasteiger partial charge in [0, 0.05) is 11.1 Å². The van der Waals surface area contributed by atoms with Crippen LogP contribution in [0.15, 0.2) is 23.3 Å². The molecule has 1 heterocycles. The van der Waals surface area contributed by atoms with Crippen molar-refractivity contribution < 1.29 is 14.6 Å². The van der Waals surface area contributed by atoms with E-state index in [4.69, 9.17) is 4.74 Å². The van der Waals surface area contributed by atoms with E-state index in [1.807, 2.05) is 12.2 Å². The Morgan fingerprint density at radius 3 is 3.08 bits per heavy atom. The number of carbonyl (C=O) groups is 1. The van der Waals surface area contributed by atoms with Crippen molar-refractivity contribution in [2.75, 3.05) is 0 Å². The summed E-state index contributed by atoms with van der Waals surface area (Å²) < 4.78 is 4.98. The Labute approximate surface area is 70.3 Å². The van der Waals surface area contributed by atoms with Gasteiger partial charge in [0.15, 0.2) is 6.10 Å². The van der Waals surface area contributed by atoms with Crippen molar-refractivity contribution in [3.63, 3.8) is 0 Å². The second-order valence-electron chi connectivity index (χ2n) is 3.11. The number of aliphatic hydroxyl groups is 1. The van der Waals surface area contributed by atoms with Crippen LogP contribution in [0.3, 0.4) is 0 Å². The highest BCUT2D eigenvalue weighted by Gasteiger charge is 2.36. The summed E-state index contributed by atoms with van der Waals surface area (Å²) in [5, 5.41) is 9.45. The Morgan fingerprint density at radius 1 is 1.67 bits per heavy atom. The predicted molar refractivity (Wildman–Crippen MR) is 42.3 cm³/mol. The number of hydrogen-bond acceptors (Lipinski definition) is 3. The van der Waals surface area contributed by atoms with E-state index in [2.05, 4.69) is 0 Å². The summed E-state index contributed by atoms with van der Waals surface area (Å²) in [7, 11) is 0. The summed E-state index contributed by atoms with van der Waals surface area (Å²) in [6.07, 6.45) is 3.31. The highest BCUT2D eigenvalue weighted by Crippen LogP contribution is 2.30. The number of carbonyl (C=O) groups excluding carboxylic acids is 1. The normalized spacial score (nSPS) is 33.7. The molecule has 64 valence electrons. The molecule has 1 aliphatic heterocycles. The standard InChI is InChI=1S/C9H10O3/c1-5-6-3-2-4-7(10)8(6)12-9(5)11/h2-3,7-8,10H,4H2,1H3. The quantitative estimate of drug-likeness (QED) is 0.534. The van der Waals surface area contributed by atoms with E-state index in [-0.39, 0.29) is 5.97 Å². The molecule has 2 atom stereocenters. The van der Waals surface area contributed by atoms with Crippen LogP contribution < -0.4 is 0 Å². The van der Waals surface area contributed by atoms with Gasteiger partial charge in [-0.1, -0.05) is 12.2 Å². The fourth-order valence-electron chi connectivity index (χ4n) is 1.56. The molecule has 0 radical (unpaired) electrons. The van der Waals surface area contributed by atoms with E-state index in [0.717, 1.165) is 5.57 Å². The van der Waals surface area contributed by atoms with Crippen LogP contribution in [0.2, 0.25) is 0 Å². The molecule has 0 fully saturated rings. The van der Waals surface area contributed by atoms with E-state index < -0.39 is 12.2 Å². The summed E-state index contributed by atoms with van der Waals surface area (Å²) in [6.45, 7) is 1.72. The molecule has 3 nitrogen and oxygen atoms in total. The molecular weight excluding hydrogens is 156 g/mol. The monoisotopic (exact) mass is 166 g/mol. The van der Waals surface area contributed by atoms with Gasteiger partial charge in [-0.2, -0.15) is 0 Å². The molecule has 0 aromatic rings. The maximum atomic E-state index is 11.1. The lowest BCUT2D eigenvalue weighted by Gasteiger charge is -2.20. The second-order valence-corrected chi connectivity index (χ2v) is 3.11. The van der Waals surface area contributed by atoms with Crippen LogP contribution in [-0.4, -0.2) is 23.3 Å². The number of ether oxygens (including phenoxy) is 1. The Balaban J connectivity index is 2.41. The lowest BCUT2D eigenvalue weighted by Crippen LogP contribution is -2.29.